The highest BCUT2D eigenvalue weighted by atomic mass is 32.1. The van der Waals surface area contributed by atoms with Crippen LogP contribution in [0, 0.1) is 12.8 Å². The van der Waals surface area contributed by atoms with E-state index in [1.165, 1.54) is 11.3 Å². The highest BCUT2D eigenvalue weighted by Gasteiger charge is 2.34. The summed E-state index contributed by atoms with van der Waals surface area (Å²) in [5.74, 6) is 1.23. The molecule has 2 aromatic carbocycles. The first kappa shape index (κ1) is 23.0. The first-order chi connectivity index (χ1) is 16.5. The van der Waals surface area contributed by atoms with E-state index in [0.717, 1.165) is 66.7 Å². The average Bonchev–Trinajstić information content (AvgIpc) is 3.27. The minimum atomic E-state index is 0.0393. The minimum Gasteiger partial charge on any atom is -0.494 e. The Kier molecular flexibility index (Phi) is 6.63. The zero-order valence-corrected chi connectivity index (χ0v) is 21.2. The smallest absolute Gasteiger partial charge is 0.227 e. The molecule has 7 heteroatoms. The number of piperidine rings is 1. The number of amides is 1. The molecule has 0 aliphatic carbocycles. The van der Waals surface area contributed by atoms with E-state index in [1.807, 2.05) is 19.1 Å². The Bertz CT molecular complexity index is 1160. The van der Waals surface area contributed by atoms with E-state index >= 15 is 0 Å². The van der Waals surface area contributed by atoms with Gasteiger partial charge >= 0.3 is 0 Å². The van der Waals surface area contributed by atoms with Crippen LogP contribution in [0.1, 0.15) is 32.3 Å². The number of aryl methyl sites for hydroxylation is 1. The van der Waals surface area contributed by atoms with Gasteiger partial charge in [0, 0.05) is 44.5 Å². The summed E-state index contributed by atoms with van der Waals surface area (Å²) in [6.07, 6.45) is 1.98. The van der Waals surface area contributed by atoms with Crippen molar-refractivity contribution in [2.45, 2.75) is 39.7 Å². The Morgan fingerprint density at radius 1 is 1.15 bits per heavy atom. The molecule has 0 unspecified atom stereocenters. The molecule has 34 heavy (non-hydrogen) atoms. The predicted octanol–water partition coefficient (Wildman–Crippen LogP) is 4.96. The molecule has 3 aromatic rings. The van der Waals surface area contributed by atoms with Crippen LogP contribution in [0.2, 0.25) is 0 Å². The van der Waals surface area contributed by atoms with Gasteiger partial charge in [0.25, 0.3) is 0 Å². The molecule has 1 amide bonds. The molecular weight excluding hydrogens is 444 g/mol. The zero-order valence-electron chi connectivity index (χ0n) is 20.4. The summed E-state index contributed by atoms with van der Waals surface area (Å²) in [5.41, 5.74) is 3.53. The number of hydrogen-bond donors (Lipinski definition) is 0. The van der Waals surface area contributed by atoms with E-state index < -0.39 is 0 Å². The molecule has 3 heterocycles. The highest BCUT2D eigenvalue weighted by Crippen LogP contribution is 2.34. The standard InChI is InChI=1S/C27H34N4O2S/c1-4-33-23-10-11-24-25(16-23)34-27(28-24)30-12-6-8-21(18-30)26(32)29-13-14-31(20(3)17-29)22-9-5-7-19(2)15-22/h5,7,9-11,15-16,20-21H,4,6,8,12-14,17-18H2,1-3H3/t20-,21+/m1/s1. The highest BCUT2D eigenvalue weighted by molar-refractivity contribution is 7.22. The van der Waals surface area contributed by atoms with Gasteiger partial charge in [-0.3, -0.25) is 4.79 Å². The van der Waals surface area contributed by atoms with Gasteiger partial charge in [-0.15, -0.1) is 0 Å². The Hall–Kier alpha value is -2.80. The Morgan fingerprint density at radius 3 is 2.82 bits per heavy atom. The van der Waals surface area contributed by atoms with Gasteiger partial charge in [0.1, 0.15) is 5.75 Å². The number of hydrogen-bond acceptors (Lipinski definition) is 6. The van der Waals surface area contributed by atoms with Crippen LogP contribution in [0.25, 0.3) is 10.2 Å². The summed E-state index contributed by atoms with van der Waals surface area (Å²) in [5, 5.41) is 1.01. The SMILES string of the molecule is CCOc1ccc2nc(N3CCC[C@H](C(=O)N4CCN(c5cccc(C)c5)[C@H](C)C4)C3)sc2c1. The fourth-order valence-corrected chi connectivity index (χ4v) is 6.27. The first-order valence-electron chi connectivity index (χ1n) is 12.4. The van der Waals surface area contributed by atoms with E-state index in [-0.39, 0.29) is 5.92 Å². The third-order valence-electron chi connectivity index (χ3n) is 6.97. The molecule has 2 atom stereocenters. The minimum absolute atomic E-state index is 0.0393. The number of fused-ring (bicyclic) bond motifs is 1. The van der Waals surface area contributed by atoms with Crippen molar-refractivity contribution < 1.29 is 9.53 Å². The van der Waals surface area contributed by atoms with Gasteiger partial charge in [-0.2, -0.15) is 0 Å². The van der Waals surface area contributed by atoms with Crippen molar-refractivity contribution in [2.75, 3.05) is 49.1 Å². The number of rotatable bonds is 5. The van der Waals surface area contributed by atoms with E-state index in [1.54, 1.807) is 11.3 Å². The second kappa shape index (κ2) is 9.82. The van der Waals surface area contributed by atoms with Gasteiger partial charge in [-0.05, 0) is 69.5 Å². The van der Waals surface area contributed by atoms with Crippen LogP contribution in [-0.4, -0.2) is 61.2 Å². The molecule has 0 radical (unpaired) electrons. The van der Waals surface area contributed by atoms with Crippen molar-refractivity contribution in [3.63, 3.8) is 0 Å². The number of thiazole rings is 1. The van der Waals surface area contributed by atoms with Gasteiger partial charge in [0.05, 0.1) is 22.7 Å². The lowest BCUT2D eigenvalue weighted by Gasteiger charge is -2.43. The molecule has 2 saturated heterocycles. The van der Waals surface area contributed by atoms with E-state index in [9.17, 15) is 4.79 Å². The Labute approximate surface area is 206 Å². The maximum atomic E-state index is 13.5. The molecule has 2 aliphatic heterocycles. The van der Waals surface area contributed by atoms with Crippen LogP contribution in [0.4, 0.5) is 10.8 Å². The second-order valence-corrected chi connectivity index (χ2v) is 10.5. The third-order valence-corrected chi connectivity index (χ3v) is 8.05. The van der Waals surface area contributed by atoms with E-state index in [0.29, 0.717) is 18.6 Å². The van der Waals surface area contributed by atoms with Crippen LogP contribution in [0.5, 0.6) is 5.75 Å². The van der Waals surface area contributed by atoms with Crippen molar-refractivity contribution in [1.29, 1.82) is 0 Å². The van der Waals surface area contributed by atoms with Gasteiger partial charge < -0.3 is 19.4 Å². The molecule has 0 saturated carbocycles. The summed E-state index contributed by atoms with van der Waals surface area (Å²) >= 11 is 1.70. The quantitative estimate of drug-likeness (QED) is 0.519. The number of anilines is 2. The Balaban J connectivity index is 1.24. The summed E-state index contributed by atoms with van der Waals surface area (Å²) in [6.45, 7) is 11.2. The lowest BCUT2D eigenvalue weighted by atomic mass is 9.96. The van der Waals surface area contributed by atoms with Gasteiger partial charge in [-0.25, -0.2) is 4.98 Å². The number of ether oxygens (including phenoxy) is 1. The number of aromatic nitrogens is 1. The van der Waals surface area contributed by atoms with Crippen LogP contribution in [0.3, 0.4) is 0 Å². The molecule has 180 valence electrons. The molecule has 0 N–H and O–H groups in total. The topological polar surface area (TPSA) is 48.9 Å². The molecular formula is C27H34N4O2S. The molecule has 2 fully saturated rings. The number of nitrogens with zero attached hydrogens (tertiary/aromatic N) is 4. The number of carbonyl (C=O) groups excluding carboxylic acids is 1. The summed E-state index contributed by atoms with van der Waals surface area (Å²) in [7, 11) is 0. The van der Waals surface area contributed by atoms with Crippen LogP contribution >= 0.6 is 11.3 Å². The molecule has 6 nitrogen and oxygen atoms in total. The molecule has 0 bridgehead atoms. The van der Waals surface area contributed by atoms with E-state index in [2.05, 4.69) is 58.9 Å². The van der Waals surface area contributed by atoms with Crippen molar-refractivity contribution >= 4 is 38.3 Å². The third kappa shape index (κ3) is 4.71. The molecule has 5 rings (SSSR count). The molecule has 1 aromatic heterocycles. The summed E-state index contributed by atoms with van der Waals surface area (Å²) in [6, 6.07) is 15.1. The normalized spacial score (nSPS) is 21.2. The average molecular weight is 479 g/mol. The first-order valence-corrected chi connectivity index (χ1v) is 13.2. The predicted molar refractivity (Wildman–Crippen MR) is 140 cm³/mol. The van der Waals surface area contributed by atoms with Gasteiger partial charge in [-0.1, -0.05) is 23.5 Å². The van der Waals surface area contributed by atoms with Crippen LogP contribution < -0.4 is 14.5 Å². The van der Waals surface area contributed by atoms with Gasteiger partial charge in [0.15, 0.2) is 5.13 Å². The summed E-state index contributed by atoms with van der Waals surface area (Å²) in [4.78, 5) is 25.2. The van der Waals surface area contributed by atoms with Crippen molar-refractivity contribution in [3.05, 3.63) is 48.0 Å². The Morgan fingerprint density at radius 2 is 2.03 bits per heavy atom. The maximum absolute atomic E-state index is 13.5. The van der Waals surface area contributed by atoms with Crippen molar-refractivity contribution in [2.24, 2.45) is 5.92 Å². The van der Waals surface area contributed by atoms with E-state index in [4.69, 9.17) is 9.72 Å². The molecule has 2 aliphatic rings. The summed E-state index contributed by atoms with van der Waals surface area (Å²) < 4.78 is 6.78. The second-order valence-electron chi connectivity index (χ2n) is 9.51. The molecule has 0 spiro atoms. The largest absolute Gasteiger partial charge is 0.494 e. The van der Waals surface area contributed by atoms with Crippen molar-refractivity contribution in [1.82, 2.24) is 9.88 Å². The monoisotopic (exact) mass is 478 g/mol. The lowest BCUT2D eigenvalue weighted by molar-refractivity contribution is -0.136. The number of benzene rings is 2. The lowest BCUT2D eigenvalue weighted by Crippen LogP contribution is -2.56. The van der Waals surface area contributed by atoms with Gasteiger partial charge in [0.2, 0.25) is 5.91 Å². The van der Waals surface area contributed by atoms with Crippen molar-refractivity contribution in [3.8, 4) is 5.75 Å². The number of piperazine rings is 1. The van der Waals surface area contributed by atoms with Crippen LogP contribution in [-0.2, 0) is 4.79 Å². The fraction of sp³-hybridized carbons (Fsp3) is 0.481. The maximum Gasteiger partial charge on any atom is 0.227 e. The number of carbonyl (C=O) groups is 1. The fourth-order valence-electron chi connectivity index (χ4n) is 5.24. The zero-order chi connectivity index (χ0) is 23.7. The van der Waals surface area contributed by atoms with Crippen LogP contribution in [0.15, 0.2) is 42.5 Å².